The average Bonchev–Trinajstić information content (AvgIpc) is 2.66. The van der Waals surface area contributed by atoms with Crippen molar-refractivity contribution in [1.82, 2.24) is 5.32 Å². The van der Waals surface area contributed by atoms with E-state index in [1.807, 2.05) is 0 Å². The van der Waals surface area contributed by atoms with Gasteiger partial charge in [-0.05, 0) is 36.6 Å². The molecule has 2 amide bonds. The van der Waals surface area contributed by atoms with E-state index >= 15 is 0 Å². The van der Waals surface area contributed by atoms with E-state index in [0.29, 0.717) is 5.56 Å². The second-order valence-electron chi connectivity index (χ2n) is 9.11. The first kappa shape index (κ1) is 28.1. The monoisotopic (exact) mass is 480 g/mol. The molecule has 0 spiro atoms. The molecule has 0 saturated carbocycles. The number of carbonyl (C=O) groups is 2. The number of carbonyl (C=O) groups excluding carboxylic acids is 2. The Bertz CT molecular complexity index is 888. The zero-order valence-electron chi connectivity index (χ0n) is 20.3. The Hall–Kier alpha value is -1.91. The number of hydrogen-bond donors (Lipinski definition) is 2. The van der Waals surface area contributed by atoms with Crippen LogP contribution >= 0.6 is 7.60 Å². The van der Waals surface area contributed by atoms with Crippen LogP contribution in [0.3, 0.4) is 0 Å². The second kappa shape index (κ2) is 11.8. The van der Waals surface area contributed by atoms with E-state index in [2.05, 4.69) is 50.6 Å². The van der Waals surface area contributed by atoms with Crippen molar-refractivity contribution in [2.75, 3.05) is 13.2 Å². The molecule has 3 N–H and O–H groups in total. The fourth-order valence-electron chi connectivity index (χ4n) is 2.53. The maximum atomic E-state index is 12.7. The van der Waals surface area contributed by atoms with Gasteiger partial charge in [-0.3, -0.25) is 14.2 Å². The topological polar surface area (TPSA) is 108 Å². The standard InChI is InChI=1S/C23H37N2O5PSi/c1-8-29-31(28,30-9-2)17-18-12-14-19(15-13-18)22(27)25-20(21(24)26)11-10-16-32(6,7)23(3,4)5/h12-15,20H,8-9,11,17H2,1-7H3,(H2,24,26)(H,25,27)/t20-/m0/s1. The fourth-order valence-corrected chi connectivity index (χ4v) is 5.15. The molecular weight excluding hydrogens is 443 g/mol. The third-order valence-corrected chi connectivity index (χ3v) is 12.1. The normalized spacial score (nSPS) is 13.1. The minimum absolute atomic E-state index is 0.0987. The van der Waals surface area contributed by atoms with E-state index < -0.39 is 33.5 Å². The van der Waals surface area contributed by atoms with Crippen LogP contribution in [-0.2, 0) is 24.6 Å². The lowest BCUT2D eigenvalue weighted by Crippen LogP contribution is -2.44. The Kier molecular flexibility index (Phi) is 10.4. The van der Waals surface area contributed by atoms with Gasteiger partial charge in [0.1, 0.15) is 14.1 Å². The third kappa shape index (κ3) is 8.55. The summed E-state index contributed by atoms with van der Waals surface area (Å²) in [6.45, 7) is 14.9. The number of rotatable bonds is 10. The Labute approximate surface area is 193 Å². The molecule has 1 aromatic carbocycles. The van der Waals surface area contributed by atoms with Crippen LogP contribution in [0.25, 0.3) is 0 Å². The maximum Gasteiger partial charge on any atom is 0.335 e. The molecule has 0 aliphatic heterocycles. The van der Waals surface area contributed by atoms with E-state index in [1.165, 1.54) is 0 Å². The van der Waals surface area contributed by atoms with Crippen molar-refractivity contribution >= 4 is 27.5 Å². The zero-order chi connectivity index (χ0) is 24.6. The molecule has 32 heavy (non-hydrogen) atoms. The van der Waals surface area contributed by atoms with Crippen LogP contribution in [0.15, 0.2) is 24.3 Å². The van der Waals surface area contributed by atoms with E-state index in [4.69, 9.17) is 14.8 Å². The number of nitrogens with one attached hydrogen (secondary N) is 1. The Morgan fingerprint density at radius 3 is 2.09 bits per heavy atom. The SMILES string of the molecule is CCOP(=O)(Cc1ccc(C(=O)N[C@@H](CC#C[Si](C)(C)C(C)(C)C)C(N)=O)cc1)OCC. The summed E-state index contributed by atoms with van der Waals surface area (Å²) in [5.41, 5.74) is 9.89. The van der Waals surface area contributed by atoms with E-state index in [-0.39, 0.29) is 30.8 Å². The highest BCUT2D eigenvalue weighted by molar-refractivity contribution is 7.53. The predicted octanol–water partition coefficient (Wildman–Crippen LogP) is 4.48. The highest BCUT2D eigenvalue weighted by Gasteiger charge is 2.33. The fraction of sp³-hybridized carbons (Fsp3) is 0.565. The van der Waals surface area contributed by atoms with Crippen LogP contribution in [0.1, 0.15) is 57.0 Å². The predicted molar refractivity (Wildman–Crippen MR) is 131 cm³/mol. The van der Waals surface area contributed by atoms with Crippen LogP contribution in [0.4, 0.5) is 0 Å². The molecule has 0 fully saturated rings. The van der Waals surface area contributed by atoms with Gasteiger partial charge < -0.3 is 20.1 Å². The van der Waals surface area contributed by atoms with Crippen molar-refractivity contribution in [3.05, 3.63) is 35.4 Å². The van der Waals surface area contributed by atoms with E-state index in [1.54, 1.807) is 38.1 Å². The molecule has 0 aliphatic carbocycles. The summed E-state index contributed by atoms with van der Waals surface area (Å²) in [6.07, 6.45) is 0.279. The van der Waals surface area contributed by atoms with Crippen molar-refractivity contribution in [3.63, 3.8) is 0 Å². The van der Waals surface area contributed by atoms with Crippen LogP contribution in [0.2, 0.25) is 18.1 Å². The molecule has 0 unspecified atom stereocenters. The molecule has 0 bridgehead atoms. The van der Waals surface area contributed by atoms with Gasteiger partial charge in [-0.1, -0.05) is 46.0 Å². The first-order valence-electron chi connectivity index (χ1n) is 10.8. The Balaban J connectivity index is 2.87. The Morgan fingerprint density at radius 1 is 1.12 bits per heavy atom. The minimum Gasteiger partial charge on any atom is -0.368 e. The van der Waals surface area contributed by atoms with Crippen molar-refractivity contribution in [2.45, 2.75) is 71.4 Å². The van der Waals surface area contributed by atoms with Gasteiger partial charge in [0.25, 0.3) is 5.91 Å². The molecule has 178 valence electrons. The lowest BCUT2D eigenvalue weighted by molar-refractivity contribution is -0.119. The maximum absolute atomic E-state index is 12.7. The molecular formula is C23H37N2O5PSi. The van der Waals surface area contributed by atoms with Crippen LogP contribution < -0.4 is 11.1 Å². The first-order chi connectivity index (χ1) is 14.7. The van der Waals surface area contributed by atoms with Crippen LogP contribution in [0, 0.1) is 11.5 Å². The number of benzene rings is 1. The zero-order valence-corrected chi connectivity index (χ0v) is 22.2. The summed E-state index contributed by atoms with van der Waals surface area (Å²) in [5, 5.41) is 2.76. The summed E-state index contributed by atoms with van der Waals surface area (Å²) < 4.78 is 23.3. The number of hydrogen-bond acceptors (Lipinski definition) is 5. The Morgan fingerprint density at radius 2 is 1.66 bits per heavy atom. The summed E-state index contributed by atoms with van der Waals surface area (Å²) in [4.78, 5) is 24.5. The molecule has 9 heteroatoms. The molecule has 0 heterocycles. The smallest absolute Gasteiger partial charge is 0.335 e. The van der Waals surface area contributed by atoms with Gasteiger partial charge in [-0.25, -0.2) is 0 Å². The van der Waals surface area contributed by atoms with Crippen molar-refractivity contribution < 1.29 is 23.2 Å². The number of nitrogens with two attached hydrogens (primary N) is 1. The molecule has 1 rings (SSSR count). The van der Waals surface area contributed by atoms with Crippen LogP contribution in [0.5, 0.6) is 0 Å². The highest BCUT2D eigenvalue weighted by atomic mass is 31.2. The summed E-state index contributed by atoms with van der Waals surface area (Å²) in [5.74, 6) is 2.01. The minimum atomic E-state index is -3.23. The van der Waals surface area contributed by atoms with Gasteiger partial charge >= 0.3 is 7.60 Å². The van der Waals surface area contributed by atoms with Crippen LogP contribution in [-0.4, -0.2) is 39.1 Å². The van der Waals surface area contributed by atoms with E-state index in [0.717, 1.165) is 5.56 Å². The molecule has 1 atom stereocenters. The largest absolute Gasteiger partial charge is 0.368 e. The van der Waals surface area contributed by atoms with Gasteiger partial charge in [0.2, 0.25) is 5.91 Å². The van der Waals surface area contributed by atoms with Gasteiger partial charge in [0.05, 0.1) is 19.4 Å². The molecule has 0 aliphatic rings. The molecule has 0 radical (unpaired) electrons. The van der Waals surface area contributed by atoms with Crippen molar-refractivity contribution in [3.8, 4) is 11.5 Å². The van der Waals surface area contributed by atoms with Gasteiger partial charge in [-0.2, -0.15) is 0 Å². The van der Waals surface area contributed by atoms with Crippen molar-refractivity contribution in [2.24, 2.45) is 5.73 Å². The number of amides is 2. The van der Waals surface area contributed by atoms with Gasteiger partial charge in [0.15, 0.2) is 0 Å². The molecule has 0 saturated heterocycles. The lowest BCUT2D eigenvalue weighted by Gasteiger charge is -2.31. The quantitative estimate of drug-likeness (QED) is 0.292. The second-order valence-corrected chi connectivity index (χ2v) is 16.2. The van der Waals surface area contributed by atoms with Crippen molar-refractivity contribution in [1.29, 1.82) is 0 Å². The molecule has 1 aromatic rings. The summed E-state index contributed by atoms with van der Waals surface area (Å²) in [7, 11) is -5.05. The first-order valence-corrected chi connectivity index (χ1v) is 15.5. The molecule has 7 nitrogen and oxygen atoms in total. The third-order valence-electron chi connectivity index (χ3n) is 5.47. The number of primary amides is 1. The van der Waals surface area contributed by atoms with E-state index in [9.17, 15) is 14.2 Å². The van der Waals surface area contributed by atoms with Gasteiger partial charge in [0, 0.05) is 12.0 Å². The average molecular weight is 481 g/mol. The highest BCUT2D eigenvalue weighted by Crippen LogP contribution is 2.51. The molecule has 0 aromatic heterocycles. The summed E-state index contributed by atoms with van der Waals surface area (Å²) in [6, 6.07) is 5.71. The van der Waals surface area contributed by atoms with Gasteiger partial charge in [-0.15, -0.1) is 11.5 Å². The lowest BCUT2D eigenvalue weighted by atomic mass is 10.1. The summed E-state index contributed by atoms with van der Waals surface area (Å²) >= 11 is 0.